The molecule has 1 heterocycles. The normalized spacial score (nSPS) is 10.6. The van der Waals surface area contributed by atoms with E-state index < -0.39 is 11.9 Å². The van der Waals surface area contributed by atoms with Crippen LogP contribution in [-0.2, 0) is 9.53 Å². The van der Waals surface area contributed by atoms with E-state index >= 15 is 0 Å². The summed E-state index contributed by atoms with van der Waals surface area (Å²) in [5.74, 6) is -0.923. The van der Waals surface area contributed by atoms with Gasteiger partial charge < -0.3 is 20.1 Å². The van der Waals surface area contributed by atoms with Crippen LogP contribution in [0.1, 0.15) is 45.4 Å². The summed E-state index contributed by atoms with van der Waals surface area (Å²) >= 11 is 18.9. The van der Waals surface area contributed by atoms with Crippen LogP contribution < -0.4 is 15.4 Å². The Kier molecular flexibility index (Phi) is 10.0. The zero-order valence-corrected chi connectivity index (χ0v) is 22.5. The van der Waals surface area contributed by atoms with Gasteiger partial charge in [-0.15, -0.1) is 11.3 Å². The number of ether oxygens (including phenoxy) is 2. The second-order valence-electron chi connectivity index (χ2n) is 7.52. The molecule has 0 saturated carbocycles. The zero-order chi connectivity index (χ0) is 26.2. The van der Waals surface area contributed by atoms with Crippen molar-refractivity contribution >= 4 is 74.6 Å². The summed E-state index contributed by atoms with van der Waals surface area (Å²) in [4.78, 5) is 38.4. The van der Waals surface area contributed by atoms with Gasteiger partial charge in [0.1, 0.15) is 10.8 Å². The predicted molar refractivity (Wildman–Crippen MR) is 144 cm³/mol. The first-order valence-electron chi connectivity index (χ1n) is 10.9. The van der Waals surface area contributed by atoms with Crippen molar-refractivity contribution in [1.29, 1.82) is 0 Å². The average Bonchev–Trinajstić information content (AvgIpc) is 3.13. The lowest BCUT2D eigenvalue weighted by molar-refractivity contribution is -0.116. The lowest BCUT2D eigenvalue weighted by Gasteiger charge is -2.09. The van der Waals surface area contributed by atoms with Gasteiger partial charge in [0.05, 0.1) is 28.7 Å². The maximum Gasteiger partial charge on any atom is 0.341 e. The highest BCUT2D eigenvalue weighted by molar-refractivity contribution is 7.19. The van der Waals surface area contributed by atoms with E-state index in [1.807, 2.05) is 0 Å². The molecule has 0 saturated heterocycles. The molecule has 0 aliphatic rings. The van der Waals surface area contributed by atoms with Crippen molar-refractivity contribution in [3.8, 4) is 5.75 Å². The van der Waals surface area contributed by atoms with Crippen molar-refractivity contribution in [2.24, 2.45) is 0 Å². The summed E-state index contributed by atoms with van der Waals surface area (Å²) in [5, 5.41) is 7.08. The predicted octanol–water partition coefficient (Wildman–Crippen LogP) is 7.24. The number of carbonyl (C=O) groups is 3. The minimum atomic E-state index is -0.621. The summed E-state index contributed by atoms with van der Waals surface area (Å²) in [6, 6.07) is 11.6. The van der Waals surface area contributed by atoms with E-state index in [4.69, 9.17) is 44.3 Å². The van der Waals surface area contributed by atoms with Gasteiger partial charge in [0, 0.05) is 22.2 Å². The van der Waals surface area contributed by atoms with Crippen molar-refractivity contribution in [3.63, 3.8) is 0 Å². The largest absolute Gasteiger partial charge is 0.492 e. The number of carbonyl (C=O) groups excluding carboxylic acids is 3. The van der Waals surface area contributed by atoms with Crippen LogP contribution in [0.2, 0.25) is 15.1 Å². The fourth-order valence-electron chi connectivity index (χ4n) is 3.22. The monoisotopic (exact) mass is 568 g/mol. The summed E-state index contributed by atoms with van der Waals surface area (Å²) in [6.45, 7) is 3.71. The van der Waals surface area contributed by atoms with E-state index in [1.165, 1.54) is 0 Å². The fourth-order valence-corrected chi connectivity index (χ4v) is 4.98. The van der Waals surface area contributed by atoms with Gasteiger partial charge in [0.15, 0.2) is 0 Å². The van der Waals surface area contributed by atoms with Crippen molar-refractivity contribution < 1.29 is 23.9 Å². The number of esters is 1. The second kappa shape index (κ2) is 13.0. The molecule has 3 rings (SSSR count). The summed E-state index contributed by atoms with van der Waals surface area (Å²) < 4.78 is 10.8. The molecule has 0 bridgehead atoms. The Hall–Kier alpha value is -2.78. The standard InChI is InChI=1S/C25H23Cl3N2O5S/c1-3-34-25(33)21-14(2)22(23(32)29-17-7-4-6-15(26)12-17)36-24(21)30-20(31)8-5-11-35-19-10-9-16(27)13-18(19)28/h4,6-7,9-10,12-13H,3,5,8,11H2,1-2H3,(H,29,32)(H,30,31). The van der Waals surface area contributed by atoms with E-state index in [1.54, 1.807) is 56.3 Å². The lowest BCUT2D eigenvalue weighted by Crippen LogP contribution is -2.15. The van der Waals surface area contributed by atoms with Crippen molar-refractivity contribution in [1.82, 2.24) is 0 Å². The van der Waals surface area contributed by atoms with Crippen LogP contribution in [0.5, 0.6) is 5.75 Å². The van der Waals surface area contributed by atoms with E-state index in [-0.39, 0.29) is 41.0 Å². The summed E-state index contributed by atoms with van der Waals surface area (Å²) in [5.41, 5.74) is 1.06. The highest BCUT2D eigenvalue weighted by Gasteiger charge is 2.26. The number of rotatable bonds is 10. The van der Waals surface area contributed by atoms with Crippen LogP contribution in [0.3, 0.4) is 0 Å². The number of halogens is 3. The maximum atomic E-state index is 12.9. The van der Waals surface area contributed by atoms with E-state index in [9.17, 15) is 14.4 Å². The fraction of sp³-hybridized carbons (Fsp3) is 0.240. The smallest absolute Gasteiger partial charge is 0.341 e. The Morgan fingerprint density at radius 2 is 1.75 bits per heavy atom. The molecule has 0 unspecified atom stereocenters. The Balaban J connectivity index is 1.68. The molecule has 1 aromatic heterocycles. The quantitative estimate of drug-likeness (QED) is 0.198. The van der Waals surface area contributed by atoms with Gasteiger partial charge in [-0.2, -0.15) is 0 Å². The molecule has 190 valence electrons. The number of anilines is 2. The third-order valence-corrected chi connectivity index (χ3v) is 6.84. The molecule has 0 aliphatic carbocycles. The molecule has 36 heavy (non-hydrogen) atoms. The molecule has 7 nitrogen and oxygen atoms in total. The average molecular weight is 570 g/mol. The minimum absolute atomic E-state index is 0.120. The van der Waals surface area contributed by atoms with Gasteiger partial charge in [0.25, 0.3) is 5.91 Å². The lowest BCUT2D eigenvalue weighted by atomic mass is 10.1. The van der Waals surface area contributed by atoms with Crippen LogP contribution in [0.4, 0.5) is 10.7 Å². The number of hydrogen-bond acceptors (Lipinski definition) is 6. The number of benzene rings is 2. The first kappa shape index (κ1) is 27.8. The van der Waals surface area contributed by atoms with Crippen molar-refractivity contribution in [2.45, 2.75) is 26.7 Å². The first-order chi connectivity index (χ1) is 17.2. The Morgan fingerprint density at radius 3 is 2.44 bits per heavy atom. The molecular formula is C25H23Cl3N2O5S. The van der Waals surface area contributed by atoms with Gasteiger partial charge in [-0.05, 0) is 62.2 Å². The molecule has 0 spiro atoms. The highest BCUT2D eigenvalue weighted by Crippen LogP contribution is 2.35. The van der Waals surface area contributed by atoms with Crippen molar-refractivity contribution in [3.05, 3.63) is 73.5 Å². The molecule has 0 aliphatic heterocycles. The minimum Gasteiger partial charge on any atom is -0.492 e. The van der Waals surface area contributed by atoms with Crippen LogP contribution in [-0.4, -0.2) is 31.0 Å². The molecular weight excluding hydrogens is 547 g/mol. The molecule has 2 aromatic carbocycles. The molecule has 0 fully saturated rings. The Bertz CT molecular complexity index is 1280. The van der Waals surface area contributed by atoms with E-state index in [2.05, 4.69) is 10.6 Å². The molecule has 3 aromatic rings. The molecule has 0 atom stereocenters. The molecule has 11 heteroatoms. The second-order valence-corrected chi connectivity index (χ2v) is 9.82. The maximum absolute atomic E-state index is 12.9. The van der Waals surface area contributed by atoms with Gasteiger partial charge in [-0.25, -0.2) is 4.79 Å². The van der Waals surface area contributed by atoms with Crippen LogP contribution in [0.15, 0.2) is 42.5 Å². The molecule has 0 radical (unpaired) electrons. The Morgan fingerprint density at radius 1 is 1.00 bits per heavy atom. The summed E-state index contributed by atoms with van der Waals surface area (Å²) in [7, 11) is 0. The number of nitrogens with one attached hydrogen (secondary N) is 2. The number of thiophene rings is 1. The van der Waals surface area contributed by atoms with E-state index in [0.29, 0.717) is 38.5 Å². The van der Waals surface area contributed by atoms with Gasteiger partial charge in [-0.3, -0.25) is 9.59 Å². The first-order valence-corrected chi connectivity index (χ1v) is 12.9. The van der Waals surface area contributed by atoms with Crippen LogP contribution in [0, 0.1) is 6.92 Å². The van der Waals surface area contributed by atoms with E-state index in [0.717, 1.165) is 11.3 Å². The topological polar surface area (TPSA) is 93.7 Å². The SMILES string of the molecule is CCOC(=O)c1c(NC(=O)CCCOc2ccc(Cl)cc2Cl)sc(C(=O)Nc2cccc(Cl)c2)c1C. The third-order valence-electron chi connectivity index (χ3n) is 4.87. The highest BCUT2D eigenvalue weighted by atomic mass is 35.5. The van der Waals surface area contributed by atoms with Crippen molar-refractivity contribution in [2.75, 3.05) is 23.8 Å². The third kappa shape index (κ3) is 7.36. The molecule has 2 N–H and O–H groups in total. The number of hydrogen-bond donors (Lipinski definition) is 2. The van der Waals surface area contributed by atoms with Gasteiger partial charge in [-0.1, -0.05) is 40.9 Å². The van der Waals surface area contributed by atoms with Crippen LogP contribution in [0.25, 0.3) is 0 Å². The van der Waals surface area contributed by atoms with Gasteiger partial charge >= 0.3 is 5.97 Å². The zero-order valence-electron chi connectivity index (χ0n) is 19.5. The van der Waals surface area contributed by atoms with Gasteiger partial charge in [0.2, 0.25) is 5.91 Å². The number of amides is 2. The molecule has 2 amide bonds. The van der Waals surface area contributed by atoms with Crippen LogP contribution >= 0.6 is 46.1 Å². The Labute approximate surface area is 227 Å². The summed E-state index contributed by atoms with van der Waals surface area (Å²) in [6.07, 6.45) is 0.514.